The SMILES string of the molecule is CCC(CO)NC(=O)CCNC(=O)c1ccc(C(C)(C)C)cc1. The Morgan fingerprint density at radius 2 is 1.78 bits per heavy atom. The van der Waals surface area contributed by atoms with Crippen LogP contribution in [-0.2, 0) is 10.2 Å². The summed E-state index contributed by atoms with van der Waals surface area (Å²) in [5, 5.41) is 14.5. The maximum atomic E-state index is 12.0. The number of nitrogens with one attached hydrogen (secondary N) is 2. The zero-order valence-corrected chi connectivity index (χ0v) is 14.5. The molecule has 0 aromatic heterocycles. The first-order valence-corrected chi connectivity index (χ1v) is 8.07. The Morgan fingerprint density at radius 1 is 1.17 bits per heavy atom. The van der Waals surface area contributed by atoms with Gasteiger partial charge in [-0.05, 0) is 29.5 Å². The third-order valence-electron chi connectivity index (χ3n) is 3.73. The van der Waals surface area contributed by atoms with Crippen LogP contribution in [0.4, 0.5) is 0 Å². The molecule has 1 aromatic rings. The number of aliphatic hydroxyl groups is 1. The lowest BCUT2D eigenvalue weighted by atomic mass is 9.87. The second kappa shape index (κ2) is 8.67. The lowest BCUT2D eigenvalue weighted by Gasteiger charge is -2.19. The summed E-state index contributed by atoms with van der Waals surface area (Å²) in [6.45, 7) is 8.45. The number of amides is 2. The number of benzene rings is 1. The van der Waals surface area contributed by atoms with E-state index in [1.807, 2.05) is 19.1 Å². The molecule has 1 atom stereocenters. The molecule has 2 amide bonds. The number of hydrogen-bond donors (Lipinski definition) is 3. The molecule has 0 spiro atoms. The Bertz CT molecular complexity index is 514. The standard InChI is InChI=1S/C18H28N2O3/c1-5-15(12-21)20-16(22)10-11-19-17(23)13-6-8-14(9-7-13)18(2,3)4/h6-9,15,21H,5,10-12H2,1-4H3,(H,19,23)(H,20,22). The highest BCUT2D eigenvalue weighted by atomic mass is 16.3. The number of aliphatic hydroxyl groups excluding tert-OH is 1. The highest BCUT2D eigenvalue weighted by Gasteiger charge is 2.14. The predicted molar refractivity (Wildman–Crippen MR) is 91.4 cm³/mol. The molecular formula is C18H28N2O3. The van der Waals surface area contributed by atoms with Crippen molar-refractivity contribution in [1.82, 2.24) is 10.6 Å². The largest absolute Gasteiger partial charge is 0.394 e. The monoisotopic (exact) mass is 320 g/mol. The maximum Gasteiger partial charge on any atom is 0.251 e. The van der Waals surface area contributed by atoms with Crippen molar-refractivity contribution in [3.05, 3.63) is 35.4 Å². The molecule has 1 rings (SSSR count). The minimum Gasteiger partial charge on any atom is -0.394 e. The van der Waals surface area contributed by atoms with Crippen molar-refractivity contribution in [2.24, 2.45) is 0 Å². The second-order valence-corrected chi connectivity index (χ2v) is 6.69. The Kier molecular flexibility index (Phi) is 7.23. The minimum atomic E-state index is -0.219. The Morgan fingerprint density at radius 3 is 2.26 bits per heavy atom. The van der Waals surface area contributed by atoms with Gasteiger partial charge in [0, 0.05) is 18.5 Å². The van der Waals surface area contributed by atoms with Gasteiger partial charge in [-0.1, -0.05) is 39.8 Å². The van der Waals surface area contributed by atoms with Crippen molar-refractivity contribution in [1.29, 1.82) is 0 Å². The fraction of sp³-hybridized carbons (Fsp3) is 0.556. The molecule has 1 aromatic carbocycles. The Balaban J connectivity index is 2.44. The van der Waals surface area contributed by atoms with Gasteiger partial charge in [-0.25, -0.2) is 0 Å². The lowest BCUT2D eigenvalue weighted by Crippen LogP contribution is -2.38. The number of rotatable bonds is 7. The first kappa shape index (κ1) is 19.2. The van der Waals surface area contributed by atoms with Gasteiger partial charge in [0.05, 0.1) is 12.6 Å². The molecule has 0 bridgehead atoms. The molecule has 23 heavy (non-hydrogen) atoms. The van der Waals surface area contributed by atoms with E-state index in [0.717, 1.165) is 0 Å². The van der Waals surface area contributed by atoms with Crippen LogP contribution in [0.3, 0.4) is 0 Å². The van der Waals surface area contributed by atoms with E-state index in [1.165, 1.54) is 5.56 Å². The van der Waals surface area contributed by atoms with E-state index in [4.69, 9.17) is 5.11 Å². The summed E-state index contributed by atoms with van der Waals surface area (Å²) in [5.74, 6) is -0.360. The highest BCUT2D eigenvalue weighted by Crippen LogP contribution is 2.22. The van der Waals surface area contributed by atoms with Crippen LogP contribution < -0.4 is 10.6 Å². The lowest BCUT2D eigenvalue weighted by molar-refractivity contribution is -0.122. The predicted octanol–water partition coefficient (Wildman–Crippen LogP) is 1.99. The average molecular weight is 320 g/mol. The first-order valence-electron chi connectivity index (χ1n) is 8.07. The van der Waals surface area contributed by atoms with Gasteiger partial charge in [-0.15, -0.1) is 0 Å². The van der Waals surface area contributed by atoms with Crippen molar-refractivity contribution in [3.63, 3.8) is 0 Å². The Hall–Kier alpha value is -1.88. The molecule has 128 valence electrons. The van der Waals surface area contributed by atoms with E-state index in [2.05, 4.69) is 31.4 Å². The normalized spacial score (nSPS) is 12.6. The van der Waals surface area contributed by atoms with E-state index >= 15 is 0 Å². The van der Waals surface area contributed by atoms with Crippen LogP contribution in [0.5, 0.6) is 0 Å². The third-order valence-corrected chi connectivity index (χ3v) is 3.73. The quantitative estimate of drug-likeness (QED) is 0.719. The number of carbonyl (C=O) groups is 2. The zero-order valence-electron chi connectivity index (χ0n) is 14.5. The molecule has 0 aliphatic carbocycles. The van der Waals surface area contributed by atoms with Crippen molar-refractivity contribution in [3.8, 4) is 0 Å². The van der Waals surface area contributed by atoms with E-state index in [9.17, 15) is 9.59 Å². The van der Waals surface area contributed by atoms with Gasteiger partial charge < -0.3 is 15.7 Å². The van der Waals surface area contributed by atoms with Crippen LogP contribution in [0.1, 0.15) is 56.5 Å². The van der Waals surface area contributed by atoms with Gasteiger partial charge in [-0.3, -0.25) is 9.59 Å². The molecule has 5 nitrogen and oxygen atoms in total. The van der Waals surface area contributed by atoms with Gasteiger partial charge in [0.2, 0.25) is 5.91 Å². The van der Waals surface area contributed by atoms with Gasteiger partial charge >= 0.3 is 0 Å². The molecule has 3 N–H and O–H groups in total. The maximum absolute atomic E-state index is 12.0. The minimum absolute atomic E-state index is 0.0512. The molecule has 0 aliphatic heterocycles. The zero-order chi connectivity index (χ0) is 17.5. The highest BCUT2D eigenvalue weighted by molar-refractivity contribution is 5.94. The molecule has 1 unspecified atom stereocenters. The van der Waals surface area contributed by atoms with Crippen molar-refractivity contribution < 1.29 is 14.7 Å². The van der Waals surface area contributed by atoms with Gasteiger partial charge in [0.25, 0.3) is 5.91 Å². The van der Waals surface area contributed by atoms with Gasteiger partial charge in [0.1, 0.15) is 0 Å². The molecule has 5 heteroatoms. The van der Waals surface area contributed by atoms with E-state index in [-0.39, 0.29) is 42.8 Å². The second-order valence-electron chi connectivity index (χ2n) is 6.69. The van der Waals surface area contributed by atoms with E-state index in [1.54, 1.807) is 12.1 Å². The third kappa shape index (κ3) is 6.40. The molecule has 0 fully saturated rings. The van der Waals surface area contributed by atoms with E-state index < -0.39 is 0 Å². The summed E-state index contributed by atoms with van der Waals surface area (Å²) in [6.07, 6.45) is 0.872. The van der Waals surface area contributed by atoms with E-state index in [0.29, 0.717) is 12.0 Å². The summed E-state index contributed by atoms with van der Waals surface area (Å²) < 4.78 is 0. The van der Waals surface area contributed by atoms with Crippen LogP contribution in [0, 0.1) is 0 Å². The fourth-order valence-corrected chi connectivity index (χ4v) is 2.09. The first-order chi connectivity index (χ1) is 10.8. The van der Waals surface area contributed by atoms with Gasteiger partial charge in [0.15, 0.2) is 0 Å². The topological polar surface area (TPSA) is 78.4 Å². The van der Waals surface area contributed by atoms with Crippen molar-refractivity contribution in [2.45, 2.75) is 52.0 Å². The summed E-state index contributed by atoms with van der Waals surface area (Å²) in [6, 6.07) is 7.29. The summed E-state index contributed by atoms with van der Waals surface area (Å²) in [5.41, 5.74) is 1.80. The summed E-state index contributed by atoms with van der Waals surface area (Å²) in [4.78, 5) is 23.7. The molecule has 0 radical (unpaired) electrons. The van der Waals surface area contributed by atoms with Crippen molar-refractivity contribution in [2.75, 3.05) is 13.2 Å². The molecular weight excluding hydrogens is 292 g/mol. The average Bonchev–Trinajstić information content (AvgIpc) is 2.51. The Labute approximate surface area is 138 Å². The number of carbonyl (C=O) groups excluding carboxylic acids is 2. The van der Waals surface area contributed by atoms with Crippen LogP contribution in [0.2, 0.25) is 0 Å². The van der Waals surface area contributed by atoms with Gasteiger partial charge in [-0.2, -0.15) is 0 Å². The molecule has 0 saturated carbocycles. The van der Waals surface area contributed by atoms with Crippen LogP contribution >= 0.6 is 0 Å². The smallest absolute Gasteiger partial charge is 0.251 e. The van der Waals surface area contributed by atoms with Crippen LogP contribution in [0.25, 0.3) is 0 Å². The van der Waals surface area contributed by atoms with Crippen LogP contribution in [0.15, 0.2) is 24.3 Å². The molecule has 0 heterocycles. The number of hydrogen-bond acceptors (Lipinski definition) is 3. The summed E-state index contributed by atoms with van der Waals surface area (Å²) in [7, 11) is 0. The fourth-order valence-electron chi connectivity index (χ4n) is 2.09. The van der Waals surface area contributed by atoms with Crippen LogP contribution in [-0.4, -0.2) is 36.1 Å². The molecule has 0 saturated heterocycles. The molecule has 0 aliphatic rings. The van der Waals surface area contributed by atoms with Crippen molar-refractivity contribution >= 4 is 11.8 Å². The summed E-state index contributed by atoms with van der Waals surface area (Å²) >= 11 is 0.